The standard InChI is InChI=1S/C18H15Cl2N5O/c1-26-9-8-21-18-22-15-10-11(19)6-7-13(15)17-24-23-16(25(17)18)12-4-2-3-5-14(12)20/h2-7,10H,8-9H2,1H3,(H,21,22). The molecule has 0 bridgehead atoms. The number of benzene rings is 2. The predicted molar refractivity (Wildman–Crippen MR) is 104 cm³/mol. The quantitative estimate of drug-likeness (QED) is 0.516. The number of anilines is 1. The van der Waals surface area contributed by atoms with Crippen LogP contribution >= 0.6 is 23.2 Å². The van der Waals surface area contributed by atoms with Gasteiger partial charge in [0.2, 0.25) is 5.95 Å². The van der Waals surface area contributed by atoms with Gasteiger partial charge < -0.3 is 10.1 Å². The summed E-state index contributed by atoms with van der Waals surface area (Å²) in [4.78, 5) is 4.71. The van der Waals surface area contributed by atoms with Crippen molar-refractivity contribution in [3.63, 3.8) is 0 Å². The van der Waals surface area contributed by atoms with Crippen molar-refractivity contribution < 1.29 is 4.74 Å². The van der Waals surface area contributed by atoms with Gasteiger partial charge in [0.25, 0.3) is 0 Å². The fraction of sp³-hybridized carbons (Fsp3) is 0.167. The van der Waals surface area contributed by atoms with Gasteiger partial charge in [-0.2, -0.15) is 0 Å². The zero-order valence-electron chi connectivity index (χ0n) is 13.9. The van der Waals surface area contributed by atoms with E-state index in [1.54, 1.807) is 7.11 Å². The highest BCUT2D eigenvalue weighted by atomic mass is 35.5. The molecule has 8 heteroatoms. The van der Waals surface area contributed by atoms with Crippen molar-refractivity contribution >= 4 is 45.7 Å². The van der Waals surface area contributed by atoms with Gasteiger partial charge in [-0.1, -0.05) is 35.3 Å². The molecule has 0 saturated carbocycles. The minimum Gasteiger partial charge on any atom is -0.383 e. The Morgan fingerprint density at radius 1 is 1.12 bits per heavy atom. The molecule has 4 aromatic rings. The highest BCUT2D eigenvalue weighted by Gasteiger charge is 2.18. The fourth-order valence-corrected chi connectivity index (χ4v) is 3.20. The monoisotopic (exact) mass is 387 g/mol. The summed E-state index contributed by atoms with van der Waals surface area (Å²) >= 11 is 12.5. The van der Waals surface area contributed by atoms with Crippen molar-refractivity contribution in [2.24, 2.45) is 0 Å². The molecular formula is C18H15Cl2N5O. The van der Waals surface area contributed by atoms with Crippen LogP contribution in [0.5, 0.6) is 0 Å². The molecular weight excluding hydrogens is 373 g/mol. The van der Waals surface area contributed by atoms with E-state index < -0.39 is 0 Å². The van der Waals surface area contributed by atoms with Crippen LogP contribution in [-0.2, 0) is 4.74 Å². The molecule has 4 rings (SSSR count). The summed E-state index contributed by atoms with van der Waals surface area (Å²) in [5, 5.41) is 14.1. The third-order valence-corrected chi connectivity index (χ3v) is 4.57. The number of nitrogens with zero attached hydrogens (tertiary/aromatic N) is 4. The molecule has 0 atom stereocenters. The minimum atomic E-state index is 0.542. The maximum atomic E-state index is 6.37. The van der Waals surface area contributed by atoms with Gasteiger partial charge in [0.15, 0.2) is 11.5 Å². The first-order valence-electron chi connectivity index (χ1n) is 8.01. The SMILES string of the molecule is COCCNc1nc2cc(Cl)ccc2c2nnc(-c3ccccc3Cl)n12. The van der Waals surface area contributed by atoms with Crippen molar-refractivity contribution in [2.45, 2.75) is 0 Å². The van der Waals surface area contributed by atoms with Crippen molar-refractivity contribution in [3.05, 3.63) is 52.5 Å². The summed E-state index contributed by atoms with van der Waals surface area (Å²) in [5.41, 5.74) is 2.20. The van der Waals surface area contributed by atoms with Crippen LogP contribution in [0, 0.1) is 0 Å². The summed E-state index contributed by atoms with van der Waals surface area (Å²) < 4.78 is 6.99. The van der Waals surface area contributed by atoms with E-state index in [1.165, 1.54) is 0 Å². The number of aromatic nitrogens is 4. The van der Waals surface area contributed by atoms with E-state index in [1.807, 2.05) is 46.9 Å². The lowest BCUT2D eigenvalue weighted by Gasteiger charge is -2.12. The Kier molecular flexibility index (Phi) is 4.63. The maximum absolute atomic E-state index is 6.37. The van der Waals surface area contributed by atoms with E-state index in [0.29, 0.717) is 40.6 Å². The lowest BCUT2D eigenvalue weighted by molar-refractivity contribution is 0.210. The second kappa shape index (κ2) is 7.07. The summed E-state index contributed by atoms with van der Waals surface area (Å²) in [6.45, 7) is 1.13. The van der Waals surface area contributed by atoms with Crippen LogP contribution in [0.15, 0.2) is 42.5 Å². The zero-order valence-corrected chi connectivity index (χ0v) is 15.4. The second-order valence-electron chi connectivity index (χ2n) is 5.68. The first kappa shape index (κ1) is 17.0. The van der Waals surface area contributed by atoms with E-state index >= 15 is 0 Å². The number of methoxy groups -OCH3 is 1. The van der Waals surface area contributed by atoms with Gasteiger partial charge in [0.05, 0.1) is 17.1 Å². The number of halogens is 2. The summed E-state index contributed by atoms with van der Waals surface area (Å²) in [7, 11) is 1.65. The molecule has 0 amide bonds. The van der Waals surface area contributed by atoms with Crippen molar-refractivity contribution in [1.29, 1.82) is 0 Å². The van der Waals surface area contributed by atoms with Gasteiger partial charge in [-0.15, -0.1) is 10.2 Å². The molecule has 0 aliphatic carbocycles. The van der Waals surface area contributed by atoms with E-state index in [9.17, 15) is 0 Å². The van der Waals surface area contributed by atoms with Crippen LogP contribution in [0.1, 0.15) is 0 Å². The van der Waals surface area contributed by atoms with Gasteiger partial charge in [-0.3, -0.25) is 0 Å². The van der Waals surface area contributed by atoms with Crippen LogP contribution in [0.2, 0.25) is 10.0 Å². The third-order valence-electron chi connectivity index (χ3n) is 4.01. The highest BCUT2D eigenvalue weighted by Crippen LogP contribution is 2.31. The Hall–Kier alpha value is -2.41. The van der Waals surface area contributed by atoms with Gasteiger partial charge in [0.1, 0.15) is 0 Å². The number of hydrogen-bond acceptors (Lipinski definition) is 5. The first-order chi connectivity index (χ1) is 12.7. The van der Waals surface area contributed by atoms with E-state index in [-0.39, 0.29) is 0 Å². The van der Waals surface area contributed by atoms with E-state index in [4.69, 9.17) is 32.9 Å². The van der Waals surface area contributed by atoms with Crippen LogP contribution < -0.4 is 5.32 Å². The highest BCUT2D eigenvalue weighted by molar-refractivity contribution is 6.33. The molecule has 0 spiro atoms. The smallest absolute Gasteiger partial charge is 0.211 e. The molecule has 0 unspecified atom stereocenters. The van der Waals surface area contributed by atoms with E-state index in [2.05, 4.69) is 15.5 Å². The molecule has 26 heavy (non-hydrogen) atoms. The van der Waals surface area contributed by atoms with Crippen LogP contribution in [0.25, 0.3) is 27.9 Å². The molecule has 0 fully saturated rings. The summed E-state index contributed by atoms with van der Waals surface area (Å²) in [6.07, 6.45) is 0. The molecule has 0 aliphatic heterocycles. The maximum Gasteiger partial charge on any atom is 0.211 e. The van der Waals surface area contributed by atoms with Crippen molar-refractivity contribution in [2.75, 3.05) is 25.6 Å². The molecule has 0 aliphatic rings. The Bertz CT molecular complexity index is 1100. The van der Waals surface area contributed by atoms with Gasteiger partial charge >= 0.3 is 0 Å². The summed E-state index contributed by atoms with van der Waals surface area (Å²) in [6, 6.07) is 13.0. The topological polar surface area (TPSA) is 64.3 Å². The largest absolute Gasteiger partial charge is 0.383 e. The van der Waals surface area contributed by atoms with Crippen molar-refractivity contribution in [3.8, 4) is 11.4 Å². The predicted octanol–water partition coefficient (Wildman–Crippen LogP) is 4.31. The molecule has 132 valence electrons. The number of fused-ring (bicyclic) bond motifs is 3. The summed E-state index contributed by atoms with van der Waals surface area (Å²) in [5.74, 6) is 1.22. The van der Waals surface area contributed by atoms with Crippen LogP contribution in [0.4, 0.5) is 5.95 Å². The molecule has 2 heterocycles. The molecule has 2 aromatic heterocycles. The second-order valence-corrected chi connectivity index (χ2v) is 6.52. The average molecular weight is 388 g/mol. The Labute approximate surface area is 159 Å². The first-order valence-corrected chi connectivity index (χ1v) is 8.77. The molecule has 0 saturated heterocycles. The fourth-order valence-electron chi connectivity index (χ4n) is 2.81. The van der Waals surface area contributed by atoms with Crippen LogP contribution in [-0.4, -0.2) is 39.8 Å². The average Bonchev–Trinajstić information content (AvgIpc) is 3.07. The lowest BCUT2D eigenvalue weighted by Crippen LogP contribution is -2.13. The Balaban J connectivity index is 2.00. The van der Waals surface area contributed by atoms with Gasteiger partial charge in [-0.05, 0) is 30.3 Å². The minimum absolute atomic E-state index is 0.542. The number of rotatable bonds is 5. The Morgan fingerprint density at radius 3 is 2.77 bits per heavy atom. The normalized spacial score (nSPS) is 11.3. The zero-order chi connectivity index (χ0) is 18.1. The molecule has 1 N–H and O–H groups in total. The Morgan fingerprint density at radius 2 is 1.96 bits per heavy atom. The van der Waals surface area contributed by atoms with Gasteiger partial charge in [0, 0.05) is 29.6 Å². The third kappa shape index (κ3) is 2.96. The van der Waals surface area contributed by atoms with E-state index in [0.717, 1.165) is 16.5 Å². The molecule has 0 radical (unpaired) electrons. The number of ether oxygens (including phenoxy) is 1. The number of hydrogen-bond donors (Lipinski definition) is 1. The number of nitrogens with one attached hydrogen (secondary N) is 1. The lowest BCUT2D eigenvalue weighted by atomic mass is 10.2. The van der Waals surface area contributed by atoms with Gasteiger partial charge in [-0.25, -0.2) is 9.38 Å². The van der Waals surface area contributed by atoms with Crippen molar-refractivity contribution in [1.82, 2.24) is 19.6 Å². The molecule has 2 aromatic carbocycles. The van der Waals surface area contributed by atoms with Crippen LogP contribution in [0.3, 0.4) is 0 Å². The molecule has 6 nitrogen and oxygen atoms in total.